The summed E-state index contributed by atoms with van der Waals surface area (Å²) < 4.78 is 7.00. The molecular formula is C17H33NOSi. The number of fused-ring (bicyclic) bond motifs is 1. The van der Waals surface area contributed by atoms with E-state index in [1.807, 2.05) is 0 Å². The molecule has 0 unspecified atom stereocenters. The van der Waals surface area contributed by atoms with Crippen LogP contribution in [0.25, 0.3) is 0 Å². The van der Waals surface area contributed by atoms with Crippen molar-refractivity contribution in [3.63, 3.8) is 0 Å². The second-order valence-corrected chi connectivity index (χ2v) is 12.9. The first kappa shape index (κ1) is 16.3. The maximum atomic E-state index is 7.00. The fourth-order valence-corrected chi connectivity index (χ4v) is 10.2. The molecule has 0 amide bonds. The lowest BCUT2D eigenvalue weighted by Crippen LogP contribution is -2.52. The minimum Gasteiger partial charge on any atom is -0.411 e. The molecule has 0 radical (unpaired) electrons. The molecule has 116 valence electrons. The zero-order valence-electron chi connectivity index (χ0n) is 14.2. The van der Waals surface area contributed by atoms with Crippen molar-refractivity contribution >= 4 is 8.32 Å². The van der Waals surface area contributed by atoms with Gasteiger partial charge in [0.1, 0.15) is 0 Å². The lowest BCUT2D eigenvalue weighted by atomic mass is 10.1. The average molecular weight is 296 g/mol. The van der Waals surface area contributed by atoms with Crippen LogP contribution in [0.4, 0.5) is 0 Å². The highest BCUT2D eigenvalue weighted by Gasteiger charge is 2.49. The molecule has 2 aliphatic heterocycles. The van der Waals surface area contributed by atoms with Gasteiger partial charge in [0.25, 0.3) is 0 Å². The maximum absolute atomic E-state index is 7.00. The smallest absolute Gasteiger partial charge is 0.200 e. The molecule has 3 heteroatoms. The Kier molecular flexibility index (Phi) is 5.14. The first-order valence-electron chi connectivity index (χ1n) is 8.48. The van der Waals surface area contributed by atoms with Crippen LogP contribution in [0.3, 0.4) is 0 Å². The number of hydrogen-bond donors (Lipinski definition) is 0. The molecule has 0 saturated carbocycles. The van der Waals surface area contributed by atoms with Gasteiger partial charge in [0.05, 0.1) is 12.1 Å². The first-order chi connectivity index (χ1) is 9.39. The molecule has 1 saturated heterocycles. The highest BCUT2D eigenvalue weighted by molar-refractivity contribution is 6.77. The number of rotatable bonds is 5. The fraction of sp³-hybridized carbons (Fsp3) is 0.882. The van der Waals surface area contributed by atoms with Gasteiger partial charge in [0.15, 0.2) is 0 Å². The second-order valence-electron chi connectivity index (χ2n) is 7.51. The van der Waals surface area contributed by atoms with E-state index >= 15 is 0 Å². The minimum absolute atomic E-state index is 0.436. The van der Waals surface area contributed by atoms with Crippen LogP contribution in [-0.2, 0) is 4.43 Å². The third-order valence-electron chi connectivity index (χ3n) is 5.48. The molecule has 0 spiro atoms. The van der Waals surface area contributed by atoms with Gasteiger partial charge in [-0.2, -0.15) is 0 Å². The zero-order chi connectivity index (χ0) is 14.9. The van der Waals surface area contributed by atoms with Crippen LogP contribution < -0.4 is 0 Å². The summed E-state index contributed by atoms with van der Waals surface area (Å²) in [6, 6.07) is 0.548. The molecule has 20 heavy (non-hydrogen) atoms. The maximum Gasteiger partial charge on any atom is 0.200 e. The van der Waals surface area contributed by atoms with E-state index in [1.165, 1.54) is 25.9 Å². The molecule has 2 aliphatic rings. The van der Waals surface area contributed by atoms with Gasteiger partial charge in [0.2, 0.25) is 8.32 Å². The third kappa shape index (κ3) is 2.77. The van der Waals surface area contributed by atoms with Crippen LogP contribution in [0.15, 0.2) is 12.2 Å². The predicted octanol–water partition coefficient (Wildman–Crippen LogP) is 4.58. The Hall–Kier alpha value is -0.123. The minimum atomic E-state index is -1.73. The van der Waals surface area contributed by atoms with Crippen molar-refractivity contribution in [1.29, 1.82) is 0 Å². The molecule has 2 nitrogen and oxygen atoms in total. The van der Waals surface area contributed by atoms with E-state index < -0.39 is 8.32 Å². The van der Waals surface area contributed by atoms with Crippen LogP contribution in [0.5, 0.6) is 0 Å². The first-order valence-corrected chi connectivity index (χ1v) is 10.6. The molecule has 2 rings (SSSR count). The molecule has 0 aromatic heterocycles. The summed E-state index contributed by atoms with van der Waals surface area (Å²) in [4.78, 5) is 2.62. The van der Waals surface area contributed by atoms with Gasteiger partial charge < -0.3 is 4.43 Å². The van der Waals surface area contributed by atoms with Crippen molar-refractivity contribution in [2.75, 3.05) is 13.1 Å². The molecule has 2 atom stereocenters. The van der Waals surface area contributed by atoms with E-state index in [2.05, 4.69) is 58.6 Å². The van der Waals surface area contributed by atoms with E-state index in [-0.39, 0.29) is 0 Å². The van der Waals surface area contributed by atoms with Gasteiger partial charge in [-0.1, -0.05) is 53.7 Å². The Balaban J connectivity index is 2.20. The van der Waals surface area contributed by atoms with Gasteiger partial charge in [-0.15, -0.1) is 0 Å². The summed E-state index contributed by atoms with van der Waals surface area (Å²) in [5, 5.41) is 0. The summed E-state index contributed by atoms with van der Waals surface area (Å²) in [7, 11) is -1.73. The van der Waals surface area contributed by atoms with Gasteiger partial charge >= 0.3 is 0 Å². The van der Waals surface area contributed by atoms with E-state index in [0.717, 1.165) is 0 Å². The lowest BCUT2D eigenvalue weighted by Gasteiger charge is -2.45. The van der Waals surface area contributed by atoms with E-state index in [4.69, 9.17) is 4.43 Å². The quantitative estimate of drug-likeness (QED) is 0.544. The summed E-state index contributed by atoms with van der Waals surface area (Å²) in [5.74, 6) is 0. The van der Waals surface area contributed by atoms with E-state index in [0.29, 0.717) is 28.8 Å². The van der Waals surface area contributed by atoms with Crippen molar-refractivity contribution in [3.8, 4) is 0 Å². The summed E-state index contributed by atoms with van der Waals surface area (Å²) in [6.07, 6.45) is 7.62. The Morgan fingerprint density at radius 2 is 1.60 bits per heavy atom. The molecular weight excluding hydrogens is 262 g/mol. The normalized spacial score (nSPS) is 27.9. The standard InChI is InChI=1S/C17H33NOSi/c1-13(2)20(14(3)4,15(5)6)19-17-10-12-18-11-8-7-9-16(17)18/h7,9,13-17H,8,10-12H2,1-6H3/t16-,17+/m0/s1. The fourth-order valence-electron chi connectivity index (χ4n) is 4.63. The van der Waals surface area contributed by atoms with Gasteiger partial charge in [-0.05, 0) is 29.5 Å². The Bertz CT molecular complexity index is 329. The average Bonchev–Trinajstić information content (AvgIpc) is 2.77. The Morgan fingerprint density at radius 1 is 1.00 bits per heavy atom. The van der Waals surface area contributed by atoms with Crippen LogP contribution in [0.1, 0.15) is 54.4 Å². The monoisotopic (exact) mass is 295 g/mol. The highest BCUT2D eigenvalue weighted by Crippen LogP contribution is 2.44. The van der Waals surface area contributed by atoms with Crippen LogP contribution in [0, 0.1) is 0 Å². The van der Waals surface area contributed by atoms with Crippen LogP contribution in [-0.4, -0.2) is 38.5 Å². The molecule has 1 fully saturated rings. The van der Waals surface area contributed by atoms with Gasteiger partial charge in [-0.3, -0.25) is 4.90 Å². The van der Waals surface area contributed by atoms with Gasteiger partial charge in [-0.25, -0.2) is 0 Å². The summed E-state index contributed by atoms with van der Waals surface area (Å²) in [5.41, 5.74) is 2.05. The Morgan fingerprint density at radius 3 is 2.15 bits per heavy atom. The largest absolute Gasteiger partial charge is 0.411 e. The van der Waals surface area contributed by atoms with Crippen molar-refractivity contribution in [2.45, 2.75) is 83.2 Å². The SMILES string of the molecule is CC(C)[Si](O[C@@H]1CCN2CCC=C[C@@H]12)(C(C)C)C(C)C. The summed E-state index contributed by atoms with van der Waals surface area (Å²) >= 11 is 0. The lowest BCUT2D eigenvalue weighted by molar-refractivity contribution is 0.139. The zero-order valence-corrected chi connectivity index (χ0v) is 15.2. The molecule has 0 aliphatic carbocycles. The van der Waals surface area contributed by atoms with Crippen molar-refractivity contribution in [1.82, 2.24) is 4.90 Å². The Labute approximate surface area is 126 Å². The van der Waals surface area contributed by atoms with Crippen molar-refractivity contribution in [2.24, 2.45) is 0 Å². The summed E-state index contributed by atoms with van der Waals surface area (Å²) in [6.45, 7) is 16.8. The third-order valence-corrected chi connectivity index (χ3v) is 11.6. The van der Waals surface area contributed by atoms with Crippen LogP contribution in [0.2, 0.25) is 16.6 Å². The predicted molar refractivity (Wildman–Crippen MR) is 89.7 cm³/mol. The van der Waals surface area contributed by atoms with Gasteiger partial charge in [0, 0.05) is 13.1 Å². The van der Waals surface area contributed by atoms with Crippen molar-refractivity contribution in [3.05, 3.63) is 12.2 Å². The molecule has 0 bridgehead atoms. The molecule has 2 heterocycles. The number of nitrogens with zero attached hydrogens (tertiary/aromatic N) is 1. The molecule has 0 N–H and O–H groups in total. The van der Waals surface area contributed by atoms with E-state index in [1.54, 1.807) is 0 Å². The topological polar surface area (TPSA) is 12.5 Å². The molecule has 0 aromatic rings. The second kappa shape index (κ2) is 6.33. The van der Waals surface area contributed by atoms with Crippen LogP contribution >= 0.6 is 0 Å². The molecule has 0 aromatic carbocycles. The van der Waals surface area contributed by atoms with E-state index in [9.17, 15) is 0 Å². The van der Waals surface area contributed by atoms with Crippen molar-refractivity contribution < 1.29 is 4.43 Å². The number of hydrogen-bond acceptors (Lipinski definition) is 2. The highest BCUT2D eigenvalue weighted by atomic mass is 28.4.